The molecule has 0 spiro atoms. The Morgan fingerprint density at radius 3 is 2.67 bits per heavy atom. The predicted octanol–water partition coefficient (Wildman–Crippen LogP) is 4.03. The van der Waals surface area contributed by atoms with Gasteiger partial charge in [-0.3, -0.25) is 0 Å². The van der Waals surface area contributed by atoms with Crippen molar-refractivity contribution in [3.05, 3.63) is 23.8 Å². The van der Waals surface area contributed by atoms with Gasteiger partial charge in [0, 0.05) is 0 Å². The Labute approximate surface area is 106 Å². The van der Waals surface area contributed by atoms with Crippen LogP contribution in [0.15, 0.2) is 18.2 Å². The van der Waals surface area contributed by atoms with Gasteiger partial charge in [0.05, 0.1) is 6.61 Å². The third-order valence-corrected chi connectivity index (χ3v) is 2.93. The molecular formula is C14H18F2O2. The second kappa shape index (κ2) is 6.03. The molecule has 2 nitrogen and oxygen atoms in total. The molecule has 1 aromatic carbocycles. The van der Waals surface area contributed by atoms with Gasteiger partial charge in [0.25, 0.3) is 0 Å². The van der Waals surface area contributed by atoms with Gasteiger partial charge in [0.2, 0.25) is 0 Å². The van der Waals surface area contributed by atoms with E-state index in [1.54, 1.807) is 6.07 Å². The summed E-state index contributed by atoms with van der Waals surface area (Å²) in [6.45, 7) is -0.144. The van der Waals surface area contributed by atoms with Gasteiger partial charge in [0.15, 0.2) is 11.5 Å². The highest BCUT2D eigenvalue weighted by Gasteiger charge is 2.23. The molecule has 0 atom stereocenters. The third-order valence-electron chi connectivity index (χ3n) is 2.93. The van der Waals surface area contributed by atoms with Crippen LogP contribution in [-0.4, -0.2) is 13.2 Å². The molecule has 4 heteroatoms. The topological polar surface area (TPSA) is 18.5 Å². The molecule has 1 aliphatic carbocycles. The molecule has 0 saturated heterocycles. The Bertz CT molecular complexity index is 389. The van der Waals surface area contributed by atoms with E-state index in [0.717, 1.165) is 18.4 Å². The van der Waals surface area contributed by atoms with E-state index in [9.17, 15) is 8.78 Å². The van der Waals surface area contributed by atoms with Crippen LogP contribution in [0.2, 0.25) is 0 Å². The standard InChI is InChI=1S/C14H18F2O2/c1-2-3-10-6-7-12(18-14(15)16)13(8-10)17-9-11-4-5-11/h6-8,11,14H,2-5,9H2,1H3. The Balaban J connectivity index is 2.09. The largest absolute Gasteiger partial charge is 0.489 e. The van der Waals surface area contributed by atoms with Gasteiger partial charge in [-0.15, -0.1) is 0 Å². The van der Waals surface area contributed by atoms with Crippen molar-refractivity contribution in [2.75, 3.05) is 6.61 Å². The zero-order chi connectivity index (χ0) is 13.0. The lowest BCUT2D eigenvalue weighted by atomic mass is 10.1. The van der Waals surface area contributed by atoms with E-state index >= 15 is 0 Å². The van der Waals surface area contributed by atoms with Crippen molar-refractivity contribution in [2.45, 2.75) is 39.2 Å². The third kappa shape index (κ3) is 3.86. The van der Waals surface area contributed by atoms with E-state index in [1.807, 2.05) is 12.1 Å². The molecule has 18 heavy (non-hydrogen) atoms. The minimum atomic E-state index is -2.81. The van der Waals surface area contributed by atoms with Gasteiger partial charge in [-0.2, -0.15) is 8.78 Å². The maximum atomic E-state index is 12.3. The molecule has 1 aliphatic rings. The summed E-state index contributed by atoms with van der Waals surface area (Å²) in [4.78, 5) is 0. The van der Waals surface area contributed by atoms with Crippen molar-refractivity contribution in [1.29, 1.82) is 0 Å². The summed E-state index contributed by atoms with van der Waals surface area (Å²) in [5.41, 5.74) is 1.09. The van der Waals surface area contributed by atoms with E-state index in [0.29, 0.717) is 18.3 Å². The van der Waals surface area contributed by atoms with Crippen LogP contribution in [0.5, 0.6) is 11.5 Å². The molecule has 1 aromatic rings. The Morgan fingerprint density at radius 1 is 1.28 bits per heavy atom. The zero-order valence-electron chi connectivity index (χ0n) is 10.5. The minimum absolute atomic E-state index is 0.130. The van der Waals surface area contributed by atoms with Crippen LogP contribution in [0.3, 0.4) is 0 Å². The first-order chi connectivity index (χ1) is 8.69. The molecule has 0 unspecified atom stereocenters. The number of halogens is 2. The lowest BCUT2D eigenvalue weighted by Crippen LogP contribution is -2.06. The van der Waals surface area contributed by atoms with Crippen LogP contribution in [-0.2, 0) is 6.42 Å². The summed E-state index contributed by atoms with van der Waals surface area (Å²) in [7, 11) is 0. The molecule has 0 amide bonds. The van der Waals surface area contributed by atoms with Crippen LogP contribution in [0, 0.1) is 5.92 Å². The average molecular weight is 256 g/mol. The monoisotopic (exact) mass is 256 g/mol. The van der Waals surface area contributed by atoms with Gasteiger partial charge < -0.3 is 9.47 Å². The van der Waals surface area contributed by atoms with Crippen molar-refractivity contribution in [3.8, 4) is 11.5 Å². The average Bonchev–Trinajstić information content (AvgIpc) is 3.13. The van der Waals surface area contributed by atoms with E-state index in [1.165, 1.54) is 12.8 Å². The van der Waals surface area contributed by atoms with Crippen molar-refractivity contribution in [2.24, 2.45) is 5.92 Å². The molecule has 0 heterocycles. The molecule has 0 aromatic heterocycles. The number of aryl methyl sites for hydroxylation is 1. The van der Waals surface area contributed by atoms with E-state index in [4.69, 9.17) is 4.74 Å². The van der Waals surface area contributed by atoms with Crippen LogP contribution >= 0.6 is 0 Å². The fourth-order valence-electron chi connectivity index (χ4n) is 1.79. The highest BCUT2D eigenvalue weighted by molar-refractivity contribution is 5.43. The molecule has 0 radical (unpaired) electrons. The van der Waals surface area contributed by atoms with Crippen molar-refractivity contribution in [1.82, 2.24) is 0 Å². The SMILES string of the molecule is CCCc1ccc(OC(F)F)c(OCC2CC2)c1. The maximum Gasteiger partial charge on any atom is 0.387 e. The number of benzene rings is 1. The van der Waals surface area contributed by atoms with Crippen molar-refractivity contribution < 1.29 is 18.3 Å². The van der Waals surface area contributed by atoms with Crippen molar-refractivity contribution in [3.63, 3.8) is 0 Å². The Kier molecular flexibility index (Phi) is 4.39. The molecule has 1 fully saturated rings. The molecule has 0 N–H and O–H groups in total. The Hall–Kier alpha value is -1.32. The number of alkyl halides is 2. The molecule has 0 aliphatic heterocycles. The summed E-state index contributed by atoms with van der Waals surface area (Å²) < 4.78 is 34.6. The summed E-state index contributed by atoms with van der Waals surface area (Å²) in [5, 5.41) is 0. The first kappa shape index (κ1) is 13.1. The lowest BCUT2D eigenvalue weighted by molar-refractivity contribution is -0.0515. The van der Waals surface area contributed by atoms with E-state index in [2.05, 4.69) is 11.7 Å². The summed E-state index contributed by atoms with van der Waals surface area (Å²) in [6, 6.07) is 5.19. The fourth-order valence-corrected chi connectivity index (χ4v) is 1.79. The summed E-state index contributed by atoms with van der Waals surface area (Å²) >= 11 is 0. The number of rotatable bonds is 7. The normalized spacial score (nSPS) is 14.9. The Morgan fingerprint density at radius 2 is 2.06 bits per heavy atom. The second-order valence-electron chi connectivity index (χ2n) is 4.66. The van der Waals surface area contributed by atoms with Gasteiger partial charge in [-0.1, -0.05) is 19.4 Å². The second-order valence-corrected chi connectivity index (χ2v) is 4.66. The zero-order valence-corrected chi connectivity index (χ0v) is 10.5. The van der Waals surface area contributed by atoms with E-state index < -0.39 is 6.61 Å². The van der Waals surface area contributed by atoms with Gasteiger partial charge in [0.1, 0.15) is 0 Å². The number of hydrogen-bond acceptors (Lipinski definition) is 2. The minimum Gasteiger partial charge on any atom is -0.489 e. The smallest absolute Gasteiger partial charge is 0.387 e. The summed E-state index contributed by atoms with van der Waals surface area (Å²) in [6.07, 6.45) is 4.26. The predicted molar refractivity (Wildman–Crippen MR) is 65.3 cm³/mol. The van der Waals surface area contributed by atoms with Crippen LogP contribution in [0.1, 0.15) is 31.7 Å². The van der Waals surface area contributed by atoms with Crippen molar-refractivity contribution >= 4 is 0 Å². The lowest BCUT2D eigenvalue weighted by Gasteiger charge is -2.13. The molecule has 0 bridgehead atoms. The highest BCUT2D eigenvalue weighted by Crippen LogP contribution is 2.34. The first-order valence-electron chi connectivity index (χ1n) is 6.39. The quantitative estimate of drug-likeness (QED) is 0.733. The van der Waals surface area contributed by atoms with E-state index in [-0.39, 0.29) is 5.75 Å². The van der Waals surface area contributed by atoms with Gasteiger partial charge in [-0.25, -0.2) is 0 Å². The summed E-state index contributed by atoms with van der Waals surface area (Å²) in [5.74, 6) is 1.15. The maximum absolute atomic E-state index is 12.3. The van der Waals surface area contributed by atoms with Gasteiger partial charge in [-0.05, 0) is 42.9 Å². The molecule has 100 valence electrons. The number of hydrogen-bond donors (Lipinski definition) is 0. The van der Waals surface area contributed by atoms with Crippen LogP contribution in [0.4, 0.5) is 8.78 Å². The number of ether oxygens (including phenoxy) is 2. The van der Waals surface area contributed by atoms with Gasteiger partial charge >= 0.3 is 6.61 Å². The first-order valence-corrected chi connectivity index (χ1v) is 6.39. The molecule has 1 saturated carbocycles. The molecule has 2 rings (SSSR count). The molecular weight excluding hydrogens is 238 g/mol. The van der Waals surface area contributed by atoms with Crippen LogP contribution in [0.25, 0.3) is 0 Å². The highest BCUT2D eigenvalue weighted by atomic mass is 19.3. The fraction of sp³-hybridized carbons (Fsp3) is 0.571. The van der Waals surface area contributed by atoms with Crippen LogP contribution < -0.4 is 9.47 Å².